The number of halogens is 1. The van der Waals surface area contributed by atoms with Crippen LogP contribution < -0.4 is 4.74 Å². The maximum Gasteiger partial charge on any atom is 0.228 e. The molecule has 1 aliphatic heterocycles. The number of carbonyl (C=O) groups excluding carboxylic acids is 1. The molecule has 7 nitrogen and oxygen atoms in total. The van der Waals surface area contributed by atoms with E-state index in [1.54, 1.807) is 29.3 Å². The highest BCUT2D eigenvalue weighted by atomic mass is 19.1. The maximum absolute atomic E-state index is 13.6. The summed E-state index contributed by atoms with van der Waals surface area (Å²) in [7, 11) is 0. The van der Waals surface area contributed by atoms with Gasteiger partial charge in [-0.1, -0.05) is 18.2 Å². The van der Waals surface area contributed by atoms with Crippen LogP contribution >= 0.6 is 0 Å². The Labute approximate surface area is 173 Å². The van der Waals surface area contributed by atoms with E-state index in [9.17, 15) is 9.18 Å². The summed E-state index contributed by atoms with van der Waals surface area (Å²) in [5.74, 6) is -0.125. The Bertz CT molecular complexity index is 979. The van der Waals surface area contributed by atoms with E-state index in [0.29, 0.717) is 32.7 Å². The van der Waals surface area contributed by atoms with Gasteiger partial charge in [0.2, 0.25) is 5.91 Å². The molecule has 0 unspecified atom stereocenters. The third-order valence-corrected chi connectivity index (χ3v) is 4.92. The first-order valence-electron chi connectivity index (χ1n) is 9.90. The summed E-state index contributed by atoms with van der Waals surface area (Å²) in [6, 6.07) is 13.8. The van der Waals surface area contributed by atoms with Crippen LogP contribution in [0.4, 0.5) is 4.39 Å². The van der Waals surface area contributed by atoms with Crippen molar-refractivity contribution in [3.63, 3.8) is 0 Å². The molecule has 1 amide bonds. The summed E-state index contributed by atoms with van der Waals surface area (Å²) < 4.78 is 24.9. The first-order valence-corrected chi connectivity index (χ1v) is 9.90. The van der Waals surface area contributed by atoms with Gasteiger partial charge in [-0.15, -0.1) is 0 Å². The predicted molar refractivity (Wildman–Crippen MR) is 107 cm³/mol. The van der Waals surface area contributed by atoms with Crippen LogP contribution in [-0.4, -0.2) is 52.3 Å². The fourth-order valence-corrected chi connectivity index (χ4v) is 3.33. The van der Waals surface area contributed by atoms with Gasteiger partial charge < -0.3 is 14.4 Å². The molecule has 0 saturated carbocycles. The molecule has 2 aromatic heterocycles. The Balaban J connectivity index is 1.30. The average Bonchev–Trinajstić information content (AvgIpc) is 3.25. The Morgan fingerprint density at radius 1 is 1.27 bits per heavy atom. The number of hydrogen-bond donors (Lipinski definition) is 1. The highest BCUT2D eigenvalue weighted by Crippen LogP contribution is 2.22. The van der Waals surface area contributed by atoms with Crippen molar-refractivity contribution in [2.24, 2.45) is 0 Å². The summed E-state index contributed by atoms with van der Waals surface area (Å²) in [4.78, 5) is 18.6. The normalized spacial score (nSPS) is 16.4. The zero-order valence-corrected chi connectivity index (χ0v) is 16.5. The summed E-state index contributed by atoms with van der Waals surface area (Å²) in [5, 5.41) is 7.30. The quantitative estimate of drug-likeness (QED) is 0.648. The van der Waals surface area contributed by atoms with E-state index in [2.05, 4.69) is 15.2 Å². The van der Waals surface area contributed by atoms with E-state index >= 15 is 0 Å². The smallest absolute Gasteiger partial charge is 0.228 e. The van der Waals surface area contributed by atoms with Gasteiger partial charge >= 0.3 is 0 Å². The van der Waals surface area contributed by atoms with Crippen molar-refractivity contribution in [1.82, 2.24) is 20.1 Å². The van der Waals surface area contributed by atoms with Gasteiger partial charge in [0.25, 0.3) is 0 Å². The Morgan fingerprint density at radius 2 is 2.13 bits per heavy atom. The molecule has 1 aliphatic rings. The topological polar surface area (TPSA) is 80.3 Å². The lowest BCUT2D eigenvalue weighted by Crippen LogP contribution is -2.43. The second kappa shape index (κ2) is 9.49. The molecule has 0 bridgehead atoms. The number of nitrogens with zero attached hydrogens (tertiary/aromatic N) is 3. The second-order valence-electron chi connectivity index (χ2n) is 7.04. The van der Waals surface area contributed by atoms with Crippen molar-refractivity contribution in [3.8, 4) is 5.75 Å². The number of ether oxygens (including phenoxy) is 2. The molecular weight excluding hydrogens is 387 g/mol. The average molecular weight is 410 g/mol. The molecule has 1 atom stereocenters. The van der Waals surface area contributed by atoms with Crippen molar-refractivity contribution in [3.05, 3.63) is 77.6 Å². The summed E-state index contributed by atoms with van der Waals surface area (Å²) >= 11 is 0. The van der Waals surface area contributed by atoms with Gasteiger partial charge in [0.05, 0.1) is 31.9 Å². The molecule has 30 heavy (non-hydrogen) atoms. The van der Waals surface area contributed by atoms with Crippen LogP contribution in [-0.2, 0) is 22.4 Å². The molecule has 8 heteroatoms. The standard InChI is InChI=1S/C22H23FN4O3/c23-18-6-1-2-7-20(18)29-11-8-17-13-19(26-25-17)21-15-27(10-12-30-21)22(28)14-16-5-3-4-9-24-16/h1-7,9,13,21H,8,10-12,14-15H2,(H,25,26)/t21-/m0/s1. The van der Waals surface area contributed by atoms with Gasteiger partial charge in [0.1, 0.15) is 6.10 Å². The SMILES string of the molecule is O=C(Cc1ccccn1)N1CCO[C@H](c2cc(CCOc3ccccc3F)[nH]n2)C1. The number of aromatic nitrogens is 3. The zero-order valence-electron chi connectivity index (χ0n) is 16.5. The minimum atomic E-state index is -0.381. The van der Waals surface area contributed by atoms with Crippen molar-refractivity contribution in [2.45, 2.75) is 18.9 Å². The summed E-state index contributed by atoms with van der Waals surface area (Å²) in [6.45, 7) is 1.78. The van der Waals surface area contributed by atoms with Crippen molar-refractivity contribution in [2.75, 3.05) is 26.3 Å². The number of pyridine rings is 1. The number of nitrogens with one attached hydrogen (secondary N) is 1. The molecule has 3 heterocycles. The van der Waals surface area contributed by atoms with E-state index in [1.165, 1.54) is 6.07 Å². The fraction of sp³-hybridized carbons (Fsp3) is 0.318. The molecule has 0 radical (unpaired) electrons. The lowest BCUT2D eigenvalue weighted by molar-refractivity contribution is -0.138. The molecule has 1 saturated heterocycles. The van der Waals surface area contributed by atoms with Crippen LogP contribution in [0, 0.1) is 5.82 Å². The highest BCUT2D eigenvalue weighted by molar-refractivity contribution is 5.78. The third-order valence-electron chi connectivity index (χ3n) is 4.92. The first kappa shape index (κ1) is 20.0. The van der Waals surface area contributed by atoms with Gasteiger partial charge in [-0.25, -0.2) is 4.39 Å². The van der Waals surface area contributed by atoms with E-state index < -0.39 is 0 Å². The molecule has 0 aliphatic carbocycles. The van der Waals surface area contributed by atoms with E-state index in [1.807, 2.05) is 24.3 Å². The predicted octanol–water partition coefficient (Wildman–Crippen LogP) is 2.71. The number of rotatable bonds is 7. The Morgan fingerprint density at radius 3 is 2.97 bits per heavy atom. The molecular formula is C22H23FN4O3. The maximum atomic E-state index is 13.6. The van der Waals surface area contributed by atoms with E-state index in [4.69, 9.17) is 9.47 Å². The van der Waals surface area contributed by atoms with Crippen molar-refractivity contribution in [1.29, 1.82) is 0 Å². The number of H-pyrrole nitrogens is 1. The highest BCUT2D eigenvalue weighted by Gasteiger charge is 2.27. The zero-order chi connectivity index (χ0) is 20.8. The van der Waals surface area contributed by atoms with Gasteiger partial charge in [-0.05, 0) is 30.3 Å². The van der Waals surface area contributed by atoms with Crippen LogP contribution in [0.2, 0.25) is 0 Å². The van der Waals surface area contributed by atoms with Crippen molar-refractivity contribution >= 4 is 5.91 Å². The van der Waals surface area contributed by atoms with E-state index in [-0.39, 0.29) is 30.0 Å². The third kappa shape index (κ3) is 5.01. The monoisotopic (exact) mass is 410 g/mol. The van der Waals surface area contributed by atoms with Gasteiger partial charge in [0.15, 0.2) is 11.6 Å². The lowest BCUT2D eigenvalue weighted by atomic mass is 10.1. The van der Waals surface area contributed by atoms with Crippen LogP contribution in [0.1, 0.15) is 23.2 Å². The van der Waals surface area contributed by atoms with Crippen LogP contribution in [0.15, 0.2) is 54.7 Å². The van der Waals surface area contributed by atoms with Crippen molar-refractivity contribution < 1.29 is 18.7 Å². The van der Waals surface area contributed by atoms with Gasteiger partial charge in [-0.2, -0.15) is 5.10 Å². The summed E-state index contributed by atoms with van der Waals surface area (Å²) in [5.41, 5.74) is 2.36. The van der Waals surface area contributed by atoms with Crippen LogP contribution in [0.5, 0.6) is 5.75 Å². The Kier molecular flexibility index (Phi) is 6.34. The molecule has 1 aromatic carbocycles. The number of benzene rings is 1. The fourth-order valence-electron chi connectivity index (χ4n) is 3.33. The van der Waals surface area contributed by atoms with Crippen LogP contribution in [0.25, 0.3) is 0 Å². The minimum Gasteiger partial charge on any atom is -0.490 e. The number of morpholine rings is 1. The largest absolute Gasteiger partial charge is 0.490 e. The lowest BCUT2D eigenvalue weighted by Gasteiger charge is -2.32. The molecule has 3 aromatic rings. The van der Waals surface area contributed by atoms with E-state index in [0.717, 1.165) is 17.1 Å². The molecule has 0 spiro atoms. The molecule has 1 fully saturated rings. The number of carbonyl (C=O) groups is 1. The Hall–Kier alpha value is -3.26. The molecule has 156 valence electrons. The minimum absolute atomic E-state index is 0.0241. The van der Waals surface area contributed by atoms with Crippen LogP contribution in [0.3, 0.4) is 0 Å². The van der Waals surface area contributed by atoms with Gasteiger partial charge in [0, 0.05) is 30.6 Å². The number of hydrogen-bond acceptors (Lipinski definition) is 5. The van der Waals surface area contributed by atoms with Gasteiger partial charge in [-0.3, -0.25) is 14.9 Å². The second-order valence-corrected chi connectivity index (χ2v) is 7.04. The molecule has 4 rings (SSSR count). The number of aromatic amines is 1. The number of para-hydroxylation sites is 1. The molecule has 1 N–H and O–H groups in total. The summed E-state index contributed by atoms with van der Waals surface area (Å²) in [6.07, 6.45) is 2.22. The number of amides is 1. The first-order chi connectivity index (χ1) is 14.7.